The Labute approximate surface area is 178 Å². The Hall–Kier alpha value is -2.16. The number of guanidine groups is 1. The number of halogens is 1. The molecule has 0 unspecified atom stereocenters. The van der Waals surface area contributed by atoms with E-state index in [-0.39, 0.29) is 29.7 Å². The zero-order chi connectivity index (χ0) is 18.8. The molecule has 2 aromatic rings. The van der Waals surface area contributed by atoms with E-state index >= 15 is 0 Å². The first-order valence-corrected chi connectivity index (χ1v) is 8.67. The zero-order valence-electron chi connectivity index (χ0n) is 16.0. The van der Waals surface area contributed by atoms with Gasteiger partial charge in [-0.3, -0.25) is 0 Å². The lowest BCUT2D eigenvalue weighted by Crippen LogP contribution is -2.38. The molecule has 0 bridgehead atoms. The fourth-order valence-electron chi connectivity index (χ4n) is 2.53. The summed E-state index contributed by atoms with van der Waals surface area (Å²) in [5.74, 6) is 2.23. The van der Waals surface area contributed by atoms with Crippen molar-refractivity contribution >= 4 is 29.9 Å². The van der Waals surface area contributed by atoms with Gasteiger partial charge in [-0.2, -0.15) is 0 Å². The Balaban J connectivity index is 0.00000364. The second kappa shape index (κ2) is 12.3. The van der Waals surface area contributed by atoms with Crippen molar-refractivity contribution in [3.05, 3.63) is 53.6 Å². The van der Waals surface area contributed by atoms with E-state index in [1.54, 1.807) is 20.3 Å². The summed E-state index contributed by atoms with van der Waals surface area (Å²) in [4.78, 5) is 4.60. The number of methoxy groups -OCH3 is 2. The highest BCUT2D eigenvalue weighted by Crippen LogP contribution is 2.29. The van der Waals surface area contributed by atoms with Crippen LogP contribution in [0.25, 0.3) is 0 Å². The fraction of sp³-hybridized carbons (Fsp3) is 0.350. The molecule has 0 amide bonds. The Bertz CT molecular complexity index is 738. The van der Waals surface area contributed by atoms with Gasteiger partial charge >= 0.3 is 0 Å². The third-order valence-corrected chi connectivity index (χ3v) is 3.89. The first-order chi connectivity index (χ1) is 12.7. The number of phenols is 1. The van der Waals surface area contributed by atoms with Gasteiger partial charge in [-0.05, 0) is 42.7 Å². The van der Waals surface area contributed by atoms with E-state index in [9.17, 15) is 5.11 Å². The van der Waals surface area contributed by atoms with Gasteiger partial charge in [-0.15, -0.1) is 24.0 Å². The molecule has 0 aliphatic rings. The van der Waals surface area contributed by atoms with Crippen LogP contribution in [0.2, 0.25) is 0 Å². The second-order valence-corrected chi connectivity index (χ2v) is 5.69. The van der Waals surface area contributed by atoms with Crippen molar-refractivity contribution in [1.82, 2.24) is 10.6 Å². The molecule has 0 saturated carbocycles. The molecule has 27 heavy (non-hydrogen) atoms. The number of para-hydroxylation sites is 1. The smallest absolute Gasteiger partial charge is 0.191 e. The van der Waals surface area contributed by atoms with E-state index in [1.165, 1.54) is 0 Å². The van der Waals surface area contributed by atoms with Crippen LogP contribution in [0.4, 0.5) is 0 Å². The third-order valence-electron chi connectivity index (χ3n) is 3.89. The average molecular weight is 485 g/mol. The summed E-state index contributed by atoms with van der Waals surface area (Å²) >= 11 is 0. The highest BCUT2D eigenvalue weighted by molar-refractivity contribution is 14.0. The summed E-state index contributed by atoms with van der Waals surface area (Å²) in [5, 5.41) is 16.7. The molecule has 0 radical (unpaired) electrons. The predicted molar refractivity (Wildman–Crippen MR) is 120 cm³/mol. The molecular weight excluding hydrogens is 457 g/mol. The van der Waals surface area contributed by atoms with Gasteiger partial charge in [0.1, 0.15) is 5.75 Å². The minimum atomic E-state index is 0. The molecule has 7 heteroatoms. The van der Waals surface area contributed by atoms with Crippen LogP contribution in [-0.2, 0) is 13.0 Å². The van der Waals surface area contributed by atoms with Gasteiger partial charge in [0.2, 0.25) is 0 Å². The summed E-state index contributed by atoms with van der Waals surface area (Å²) in [7, 11) is 3.20. The van der Waals surface area contributed by atoms with Gasteiger partial charge in [0, 0.05) is 13.1 Å². The van der Waals surface area contributed by atoms with Gasteiger partial charge in [0.05, 0.1) is 20.8 Å². The van der Waals surface area contributed by atoms with E-state index in [4.69, 9.17) is 9.47 Å². The van der Waals surface area contributed by atoms with Crippen LogP contribution in [0.3, 0.4) is 0 Å². The molecule has 0 saturated heterocycles. The van der Waals surface area contributed by atoms with E-state index < -0.39 is 0 Å². The molecule has 0 aromatic heterocycles. The maximum atomic E-state index is 10.1. The fourth-order valence-corrected chi connectivity index (χ4v) is 2.53. The SMILES string of the molecule is CCNC(=NCc1cccc(OC)c1)NCCc1cccc(OC)c1O.I. The van der Waals surface area contributed by atoms with E-state index in [0.29, 0.717) is 25.3 Å². The van der Waals surface area contributed by atoms with Crippen molar-refractivity contribution in [3.63, 3.8) is 0 Å². The molecule has 3 N–H and O–H groups in total. The van der Waals surface area contributed by atoms with Crippen LogP contribution < -0.4 is 20.1 Å². The zero-order valence-corrected chi connectivity index (χ0v) is 18.3. The minimum absolute atomic E-state index is 0. The Morgan fingerprint density at radius 2 is 1.85 bits per heavy atom. The number of phenolic OH excluding ortho intramolecular Hbond substituents is 1. The molecule has 0 fully saturated rings. The van der Waals surface area contributed by atoms with Gasteiger partial charge in [0.15, 0.2) is 17.5 Å². The molecule has 148 valence electrons. The first kappa shape index (κ1) is 22.9. The Morgan fingerprint density at radius 1 is 1.07 bits per heavy atom. The Kier molecular flexibility index (Phi) is 10.4. The molecule has 6 nitrogen and oxygen atoms in total. The number of hydrogen-bond donors (Lipinski definition) is 3. The number of ether oxygens (including phenoxy) is 2. The number of aliphatic imine (C=N–C) groups is 1. The normalized spacial score (nSPS) is 10.7. The van der Waals surface area contributed by atoms with Crippen LogP contribution >= 0.6 is 24.0 Å². The average Bonchev–Trinajstić information content (AvgIpc) is 2.67. The summed E-state index contributed by atoms with van der Waals surface area (Å²) in [6.07, 6.45) is 0.659. The predicted octanol–water partition coefficient (Wildman–Crippen LogP) is 3.33. The largest absolute Gasteiger partial charge is 0.504 e. The van der Waals surface area contributed by atoms with Gasteiger partial charge in [-0.1, -0.05) is 24.3 Å². The van der Waals surface area contributed by atoms with E-state index in [0.717, 1.165) is 29.4 Å². The monoisotopic (exact) mass is 485 g/mol. The molecule has 2 aromatic carbocycles. The van der Waals surface area contributed by atoms with Gasteiger partial charge in [-0.25, -0.2) is 4.99 Å². The maximum absolute atomic E-state index is 10.1. The highest BCUT2D eigenvalue weighted by Gasteiger charge is 2.07. The van der Waals surface area contributed by atoms with Crippen LogP contribution in [0, 0.1) is 0 Å². The lowest BCUT2D eigenvalue weighted by atomic mass is 10.1. The molecule has 0 aliphatic carbocycles. The lowest BCUT2D eigenvalue weighted by Gasteiger charge is -2.13. The summed E-state index contributed by atoms with van der Waals surface area (Å²) in [5.41, 5.74) is 1.91. The van der Waals surface area contributed by atoms with E-state index in [2.05, 4.69) is 15.6 Å². The van der Waals surface area contributed by atoms with Crippen molar-refractivity contribution in [1.29, 1.82) is 0 Å². The number of aromatic hydroxyl groups is 1. The highest BCUT2D eigenvalue weighted by atomic mass is 127. The molecule has 0 spiro atoms. The lowest BCUT2D eigenvalue weighted by molar-refractivity contribution is 0.370. The number of rotatable bonds is 8. The van der Waals surface area contributed by atoms with Crippen LogP contribution in [-0.4, -0.2) is 38.4 Å². The third kappa shape index (κ3) is 7.16. The second-order valence-electron chi connectivity index (χ2n) is 5.69. The molecule has 0 atom stereocenters. The molecule has 2 rings (SSSR count). The molecule has 0 heterocycles. The quantitative estimate of drug-likeness (QED) is 0.304. The van der Waals surface area contributed by atoms with Crippen molar-refractivity contribution in [2.45, 2.75) is 19.9 Å². The van der Waals surface area contributed by atoms with Crippen LogP contribution in [0.15, 0.2) is 47.5 Å². The van der Waals surface area contributed by atoms with Gasteiger partial charge < -0.3 is 25.2 Å². The molecular formula is C20H28IN3O3. The van der Waals surface area contributed by atoms with Crippen molar-refractivity contribution < 1.29 is 14.6 Å². The van der Waals surface area contributed by atoms with Crippen molar-refractivity contribution in [3.8, 4) is 17.2 Å². The van der Waals surface area contributed by atoms with E-state index in [1.807, 2.05) is 43.3 Å². The van der Waals surface area contributed by atoms with Gasteiger partial charge in [0.25, 0.3) is 0 Å². The number of nitrogens with one attached hydrogen (secondary N) is 2. The topological polar surface area (TPSA) is 75.1 Å². The van der Waals surface area contributed by atoms with Crippen molar-refractivity contribution in [2.24, 2.45) is 4.99 Å². The minimum Gasteiger partial charge on any atom is -0.504 e. The summed E-state index contributed by atoms with van der Waals surface area (Å²) in [6.45, 7) is 3.99. The van der Waals surface area contributed by atoms with Crippen LogP contribution in [0.5, 0.6) is 17.2 Å². The first-order valence-electron chi connectivity index (χ1n) is 8.67. The molecule has 0 aliphatic heterocycles. The number of nitrogens with zero attached hydrogens (tertiary/aromatic N) is 1. The maximum Gasteiger partial charge on any atom is 0.191 e. The van der Waals surface area contributed by atoms with Crippen LogP contribution in [0.1, 0.15) is 18.1 Å². The number of benzene rings is 2. The number of hydrogen-bond acceptors (Lipinski definition) is 4. The standard InChI is InChI=1S/C20H27N3O3.HI/c1-4-21-20(23-14-15-7-5-9-17(13-15)25-2)22-12-11-16-8-6-10-18(26-3)19(16)24;/h5-10,13,24H,4,11-12,14H2,1-3H3,(H2,21,22,23);1H. The summed E-state index contributed by atoms with van der Waals surface area (Å²) < 4.78 is 10.4. The summed E-state index contributed by atoms with van der Waals surface area (Å²) in [6, 6.07) is 13.4. The van der Waals surface area contributed by atoms with Crippen molar-refractivity contribution in [2.75, 3.05) is 27.3 Å². The Morgan fingerprint density at radius 3 is 2.56 bits per heavy atom.